The number of nitrogens with two attached hydrogens (primary N) is 1. The van der Waals surface area contributed by atoms with E-state index in [0.717, 1.165) is 5.56 Å². The van der Waals surface area contributed by atoms with Crippen molar-refractivity contribution in [3.8, 4) is 6.07 Å². The van der Waals surface area contributed by atoms with E-state index in [1.165, 1.54) is 0 Å². The first-order chi connectivity index (χ1) is 12.2. The highest BCUT2D eigenvalue weighted by Gasteiger charge is 2.18. The minimum absolute atomic E-state index is 0.158. The van der Waals surface area contributed by atoms with Crippen LogP contribution in [0.3, 0.4) is 0 Å². The molecule has 1 heterocycles. The van der Waals surface area contributed by atoms with Gasteiger partial charge in [0.2, 0.25) is 0 Å². The van der Waals surface area contributed by atoms with Crippen molar-refractivity contribution < 1.29 is 4.79 Å². The molecule has 0 bridgehead atoms. The predicted molar refractivity (Wildman–Crippen MR) is 96.8 cm³/mol. The van der Waals surface area contributed by atoms with Gasteiger partial charge in [0.05, 0.1) is 23.7 Å². The van der Waals surface area contributed by atoms with Crippen LogP contribution in [0.5, 0.6) is 0 Å². The number of amides is 1. The minimum atomic E-state index is -0.158. The second kappa shape index (κ2) is 7.28. The maximum atomic E-state index is 13.0. The number of rotatable bonds is 4. The lowest BCUT2D eigenvalue weighted by Crippen LogP contribution is -2.30. The molecule has 0 saturated carbocycles. The molecule has 1 aromatic heterocycles. The summed E-state index contributed by atoms with van der Waals surface area (Å²) in [6.07, 6.45) is 3.17. The van der Waals surface area contributed by atoms with Gasteiger partial charge >= 0.3 is 0 Å². The highest BCUT2D eigenvalue weighted by atomic mass is 16.2. The fourth-order valence-corrected chi connectivity index (χ4v) is 2.45. The molecule has 0 atom stereocenters. The van der Waals surface area contributed by atoms with Crippen LogP contribution in [0.2, 0.25) is 0 Å². The second-order valence-corrected chi connectivity index (χ2v) is 5.53. The van der Waals surface area contributed by atoms with E-state index in [0.29, 0.717) is 29.0 Å². The number of nitriles is 1. The number of benzene rings is 2. The van der Waals surface area contributed by atoms with Gasteiger partial charge in [-0.05, 0) is 54.1 Å². The zero-order valence-corrected chi connectivity index (χ0v) is 13.5. The van der Waals surface area contributed by atoms with Gasteiger partial charge < -0.3 is 10.6 Å². The van der Waals surface area contributed by atoms with Gasteiger partial charge in [0.1, 0.15) is 0 Å². The maximum Gasteiger partial charge on any atom is 0.260 e. The van der Waals surface area contributed by atoms with Gasteiger partial charge in [-0.1, -0.05) is 12.1 Å². The molecule has 0 aliphatic carbocycles. The Balaban J connectivity index is 1.96. The number of nitrogen functional groups attached to an aromatic ring is 1. The summed E-state index contributed by atoms with van der Waals surface area (Å²) in [5.74, 6) is -0.158. The number of pyridine rings is 1. The van der Waals surface area contributed by atoms with Crippen molar-refractivity contribution in [1.29, 1.82) is 5.26 Å². The minimum Gasteiger partial charge on any atom is -0.399 e. The van der Waals surface area contributed by atoms with E-state index in [9.17, 15) is 4.79 Å². The molecule has 2 N–H and O–H groups in total. The third-order valence-electron chi connectivity index (χ3n) is 3.78. The van der Waals surface area contributed by atoms with Crippen LogP contribution in [-0.2, 0) is 6.54 Å². The molecule has 2 aromatic carbocycles. The molecule has 0 aliphatic heterocycles. The van der Waals surface area contributed by atoms with E-state index in [1.54, 1.807) is 65.8 Å². The van der Waals surface area contributed by atoms with E-state index in [-0.39, 0.29) is 5.91 Å². The van der Waals surface area contributed by atoms with Crippen LogP contribution in [-0.4, -0.2) is 10.9 Å². The quantitative estimate of drug-likeness (QED) is 0.744. The molecule has 5 heteroatoms. The van der Waals surface area contributed by atoms with Crippen LogP contribution in [0.25, 0.3) is 0 Å². The van der Waals surface area contributed by atoms with E-state index < -0.39 is 0 Å². The maximum absolute atomic E-state index is 13.0. The molecule has 0 unspecified atom stereocenters. The number of hydrogen-bond donors (Lipinski definition) is 1. The lowest BCUT2D eigenvalue weighted by molar-refractivity contribution is 0.0985. The molecule has 1 amide bonds. The number of hydrogen-bond acceptors (Lipinski definition) is 4. The molecule has 0 radical (unpaired) electrons. The Hall–Kier alpha value is -3.65. The first-order valence-electron chi connectivity index (χ1n) is 7.74. The topological polar surface area (TPSA) is 83.0 Å². The van der Waals surface area contributed by atoms with Gasteiger partial charge in [-0.2, -0.15) is 5.26 Å². The highest BCUT2D eigenvalue weighted by Crippen LogP contribution is 2.21. The van der Waals surface area contributed by atoms with E-state index >= 15 is 0 Å². The number of nitrogens with zero attached hydrogens (tertiary/aromatic N) is 3. The van der Waals surface area contributed by atoms with Crippen molar-refractivity contribution in [2.24, 2.45) is 0 Å². The lowest BCUT2D eigenvalue weighted by atomic mass is 10.1. The Morgan fingerprint density at radius 3 is 2.40 bits per heavy atom. The fourth-order valence-electron chi connectivity index (χ4n) is 2.45. The molecular formula is C20H16N4O. The van der Waals surface area contributed by atoms with Crippen molar-refractivity contribution in [2.75, 3.05) is 10.6 Å². The summed E-state index contributed by atoms with van der Waals surface area (Å²) in [5, 5.41) is 8.96. The van der Waals surface area contributed by atoms with E-state index in [2.05, 4.69) is 11.1 Å². The molecular weight excluding hydrogens is 312 g/mol. The van der Waals surface area contributed by atoms with Gasteiger partial charge in [0, 0.05) is 23.8 Å². The second-order valence-electron chi connectivity index (χ2n) is 5.53. The fraction of sp³-hybridized carbons (Fsp3) is 0.0500. The first kappa shape index (κ1) is 16.2. The molecule has 122 valence electrons. The zero-order chi connectivity index (χ0) is 17.6. The summed E-state index contributed by atoms with van der Waals surface area (Å²) in [5.41, 5.74) is 9.12. The molecule has 3 aromatic rings. The number of anilines is 2. The molecule has 5 nitrogen and oxygen atoms in total. The number of carbonyl (C=O) groups is 1. The van der Waals surface area contributed by atoms with Crippen LogP contribution >= 0.6 is 0 Å². The monoisotopic (exact) mass is 328 g/mol. The summed E-state index contributed by atoms with van der Waals surface area (Å²) in [6.45, 7) is 0.389. The van der Waals surface area contributed by atoms with Crippen LogP contribution in [0.1, 0.15) is 21.5 Å². The largest absolute Gasteiger partial charge is 0.399 e. The van der Waals surface area contributed by atoms with Gasteiger partial charge in [0.25, 0.3) is 5.91 Å². The SMILES string of the molecule is N#Cc1ccc(N(Cc2ccc(N)cc2)C(=O)c2cccnc2)cc1. The van der Waals surface area contributed by atoms with Crippen molar-refractivity contribution in [2.45, 2.75) is 6.54 Å². The first-order valence-corrected chi connectivity index (χ1v) is 7.74. The predicted octanol–water partition coefficient (Wildman–Crippen LogP) is 3.38. The summed E-state index contributed by atoms with van der Waals surface area (Å²) < 4.78 is 0. The Morgan fingerprint density at radius 2 is 1.80 bits per heavy atom. The number of aromatic nitrogens is 1. The summed E-state index contributed by atoms with van der Waals surface area (Å²) in [6, 6.07) is 19.9. The van der Waals surface area contributed by atoms with Gasteiger partial charge in [-0.25, -0.2) is 0 Å². The average Bonchev–Trinajstić information content (AvgIpc) is 2.68. The molecule has 0 saturated heterocycles. The Kier molecular flexibility index (Phi) is 4.72. The molecule has 0 spiro atoms. The Labute approximate surface area is 146 Å². The summed E-state index contributed by atoms with van der Waals surface area (Å²) in [4.78, 5) is 18.6. The lowest BCUT2D eigenvalue weighted by Gasteiger charge is -2.23. The smallest absolute Gasteiger partial charge is 0.260 e. The van der Waals surface area contributed by atoms with E-state index in [1.807, 2.05) is 12.1 Å². The standard InChI is InChI=1S/C20H16N4O/c21-12-15-5-9-19(10-6-15)24(14-16-3-7-18(22)8-4-16)20(25)17-2-1-11-23-13-17/h1-11,13H,14,22H2. The molecule has 0 aliphatic rings. The summed E-state index contributed by atoms with van der Waals surface area (Å²) >= 11 is 0. The van der Waals surface area contributed by atoms with Gasteiger partial charge in [-0.3, -0.25) is 9.78 Å². The number of carbonyl (C=O) groups excluding carboxylic acids is 1. The zero-order valence-electron chi connectivity index (χ0n) is 13.5. The van der Waals surface area contributed by atoms with Gasteiger partial charge in [-0.15, -0.1) is 0 Å². The molecule has 3 rings (SSSR count). The van der Waals surface area contributed by atoms with Crippen LogP contribution in [0.4, 0.5) is 11.4 Å². The van der Waals surface area contributed by atoms with Crippen LogP contribution < -0.4 is 10.6 Å². The Morgan fingerprint density at radius 1 is 1.08 bits per heavy atom. The molecule has 25 heavy (non-hydrogen) atoms. The normalized spacial score (nSPS) is 10.0. The Bertz CT molecular complexity index is 897. The van der Waals surface area contributed by atoms with Crippen molar-refractivity contribution in [3.05, 3.63) is 89.7 Å². The van der Waals surface area contributed by atoms with E-state index in [4.69, 9.17) is 11.0 Å². The third-order valence-corrected chi connectivity index (χ3v) is 3.78. The van der Waals surface area contributed by atoms with Crippen molar-refractivity contribution in [1.82, 2.24) is 4.98 Å². The third kappa shape index (κ3) is 3.82. The average molecular weight is 328 g/mol. The highest BCUT2D eigenvalue weighted by molar-refractivity contribution is 6.05. The van der Waals surface area contributed by atoms with Crippen LogP contribution in [0, 0.1) is 11.3 Å². The van der Waals surface area contributed by atoms with Crippen molar-refractivity contribution in [3.63, 3.8) is 0 Å². The molecule has 0 fully saturated rings. The summed E-state index contributed by atoms with van der Waals surface area (Å²) in [7, 11) is 0. The van der Waals surface area contributed by atoms with Crippen LogP contribution in [0.15, 0.2) is 73.1 Å². The van der Waals surface area contributed by atoms with Crippen molar-refractivity contribution >= 4 is 17.3 Å². The van der Waals surface area contributed by atoms with Gasteiger partial charge in [0.15, 0.2) is 0 Å².